The molecule has 39 heteroatoms. The predicted octanol–water partition coefficient (Wildman–Crippen LogP) is 9.31. The van der Waals surface area contributed by atoms with Gasteiger partial charge in [0.2, 0.25) is 0 Å². The van der Waals surface area contributed by atoms with Crippen LogP contribution >= 0.6 is 43.5 Å². The van der Waals surface area contributed by atoms with Crippen LogP contribution < -0.4 is 26.6 Å². The smallest absolute Gasteiger partial charge is 0.194 e. The van der Waals surface area contributed by atoms with Gasteiger partial charge in [-0.15, -0.1) is 0 Å². The summed E-state index contributed by atoms with van der Waals surface area (Å²) >= 11 is 12.2. The molecule has 111 heavy (non-hydrogen) atoms. The Morgan fingerprint density at radius 2 is 0.820 bits per heavy atom. The molecule has 0 amide bonds. The van der Waals surface area contributed by atoms with Gasteiger partial charge < -0.3 is 77.6 Å². The summed E-state index contributed by atoms with van der Waals surface area (Å²) in [6.45, 7) is -0.0464. The molecule has 0 spiro atoms. The van der Waals surface area contributed by atoms with Gasteiger partial charge in [-0.3, -0.25) is 0 Å². The number of rotatable bonds is 31. The van der Waals surface area contributed by atoms with Gasteiger partial charge in [-0.05, 0) is 132 Å². The second-order valence-electron chi connectivity index (χ2n) is 25.4. The summed E-state index contributed by atoms with van der Waals surface area (Å²) in [7, 11) is 0. The van der Waals surface area contributed by atoms with E-state index >= 15 is 49.7 Å². The van der Waals surface area contributed by atoms with Gasteiger partial charge in [0.1, 0.15) is 81.9 Å². The molecule has 11 atom stereocenters. The van der Waals surface area contributed by atoms with Crippen LogP contribution in [0.1, 0.15) is 42.3 Å². The highest BCUT2D eigenvalue weighted by molar-refractivity contribution is 9.10. The highest BCUT2D eigenvalue weighted by Gasteiger charge is 2.71. The van der Waals surface area contributed by atoms with E-state index in [0.717, 1.165) is 49.4 Å². The number of hydrogen-bond acceptors (Lipinski definition) is 25. The minimum atomic E-state index is -4.40. The fraction of sp³-hybridized carbons (Fsp3) is 0.306. The molecule has 6 unspecified atom stereocenters. The van der Waals surface area contributed by atoms with Crippen LogP contribution in [0.15, 0.2) is 106 Å². The molecule has 5 aromatic heterocycles. The highest BCUT2D eigenvalue weighted by Crippen LogP contribution is 2.46. The molecule has 25 nitrogen and oxygen atoms in total. The first-order valence-electron chi connectivity index (χ1n) is 33.4. The fourth-order valence-electron chi connectivity index (χ4n) is 12.4. The van der Waals surface area contributed by atoms with E-state index in [0.29, 0.717) is 30.3 Å². The van der Waals surface area contributed by atoms with E-state index in [1.165, 1.54) is 39.0 Å². The number of hydrogen-bond donors (Lipinski definition) is 15. The molecule has 0 radical (unpaired) electrons. The van der Waals surface area contributed by atoms with Gasteiger partial charge in [-0.2, -0.15) is 0 Å². The Morgan fingerprint density at radius 1 is 0.387 bits per heavy atom. The van der Waals surface area contributed by atoms with Crippen molar-refractivity contribution in [2.75, 3.05) is 53.0 Å². The second-order valence-corrected chi connectivity index (χ2v) is 27.5. The molecule has 5 aromatic carbocycles. The molecule has 0 bridgehead atoms. The lowest BCUT2D eigenvalue weighted by molar-refractivity contribution is -0.224. The Bertz CT molecular complexity index is 5090. The van der Waals surface area contributed by atoms with Crippen LogP contribution in [0.3, 0.4) is 0 Å². The van der Waals surface area contributed by atoms with Gasteiger partial charge in [0.15, 0.2) is 69.8 Å². The minimum Gasteiger partial charge on any atom is -0.394 e. The summed E-state index contributed by atoms with van der Waals surface area (Å²) in [5.41, 5.74) is -12.4. The van der Waals surface area contributed by atoms with E-state index in [9.17, 15) is 49.6 Å². The number of anilines is 5. The molecular weight excluding hydrogens is 1640 g/mol. The third-order valence-corrected chi connectivity index (χ3v) is 19.4. The Labute approximate surface area is 645 Å². The topological polar surface area (TPSA) is 391 Å². The van der Waals surface area contributed by atoms with Crippen molar-refractivity contribution in [1.82, 2.24) is 49.8 Å². The maximum Gasteiger partial charge on any atom is 0.194 e. The summed E-state index contributed by atoms with van der Waals surface area (Å²) in [4.78, 5) is 43.5. The first-order valence-corrected chi connectivity index (χ1v) is 35.3. The summed E-state index contributed by atoms with van der Waals surface area (Å²) in [5, 5.41) is 143. The highest BCUT2D eigenvalue weighted by atomic mass is 79.9. The number of nitrogens with one attached hydrogen (secondary N) is 5. The zero-order chi connectivity index (χ0) is 81.0. The van der Waals surface area contributed by atoms with Crippen LogP contribution in [-0.4, -0.2) is 193 Å². The third-order valence-electron chi connectivity index (χ3n) is 17.8. The van der Waals surface area contributed by atoms with Crippen molar-refractivity contribution in [1.29, 1.82) is 0 Å². The maximum atomic E-state index is 17.6. The first kappa shape index (κ1) is 84.0. The third kappa shape index (κ3) is 17.9. The number of nitrogens with zero attached hydrogens (tertiary/aromatic N) is 10. The van der Waals surface area contributed by atoms with Gasteiger partial charge >= 0.3 is 0 Å². The Kier molecular flexibility index (Phi) is 26.6. The number of aryl methyl sites for hydroxylation is 5. The van der Waals surface area contributed by atoms with Gasteiger partial charge in [0.05, 0.1) is 93.5 Å². The Balaban J connectivity index is 1.41. The second kappa shape index (κ2) is 35.1. The van der Waals surface area contributed by atoms with E-state index in [-0.39, 0.29) is 68.9 Å². The summed E-state index contributed by atoms with van der Waals surface area (Å²) in [6, 6.07) is -1.15. The summed E-state index contributed by atoms with van der Waals surface area (Å²) < 4.78 is 172. The maximum absolute atomic E-state index is 17.6. The van der Waals surface area contributed by atoms with E-state index < -0.39 is 235 Å². The molecule has 0 saturated heterocycles. The first-order chi connectivity index (χ1) is 52.6. The van der Waals surface area contributed by atoms with Gasteiger partial charge in [0.25, 0.3) is 0 Å². The monoisotopic (exact) mass is 1700 g/mol. The number of halogens is 14. The normalized spacial score (nSPS) is 15.3. The van der Waals surface area contributed by atoms with Crippen molar-refractivity contribution in [3.05, 3.63) is 203 Å². The molecular formula is C72H67Br2ClF11N15O10. The van der Waals surface area contributed by atoms with Crippen LogP contribution in [0.5, 0.6) is 0 Å². The molecule has 0 aliphatic rings. The van der Waals surface area contributed by atoms with Crippen LogP contribution in [0.4, 0.5) is 77.4 Å². The van der Waals surface area contributed by atoms with E-state index in [4.69, 9.17) is 11.6 Å². The van der Waals surface area contributed by atoms with Gasteiger partial charge in [-0.1, -0.05) is 25.4 Å². The number of benzene rings is 5. The standard InChI is InChI=1S/C72H67Br2ClF11N15O10/c1-6-35-20-55(97-66(90-35)31-9-11-42(77)41(75)14-31)94-63(52(109)27-105)72(111,64(95-54-13-29(4)88-69(99-54)38-18-34(76)19-48(83)58(38)85)60(49(106)24-102)100-70-57(84)30(5)89-68(101-70)37-22-45(80)40(74)23-43(37)78)71(110,61(50(107)25-103)92-53-12-28(3)87-65(96-53)32-8-10-39(73)44(79)15-32)62(51(108)26-104)93-56-21-36(7-2)91-67(98-56)33-16-46(81)59(86)47(82)17-33/h8-23,49-52,60-64,102-111H,6-7,24-27H2,1-5H3,(H,87,92,96)(H,88,95,99)(H,89,100,101)(H,90,94,97)(H,91,93,98)/t49?,50-,51-,52-,60?,61?,62?,63?,64?,71-,72+/m0/s1. The van der Waals surface area contributed by atoms with Gasteiger partial charge in [0, 0.05) is 69.8 Å². The van der Waals surface area contributed by atoms with E-state index in [1.54, 1.807) is 6.92 Å². The van der Waals surface area contributed by atoms with Crippen molar-refractivity contribution >= 4 is 72.6 Å². The SMILES string of the molecule is CCc1cc(NC([C@@H](O)CO)[C@@](O)(C(Nc2cc(C)nc(-c3ccc(Br)c(F)c3)n2)[C@@H](O)CO)[C@](O)(C(Nc2cc(C)nc(-c3cc(F)cc(F)c3F)n2)C(Nc2nc(-c3cc(F)c(Br)cc3F)nc(C)c2F)C(O)CO)C(Nc2cc(CC)nc(-c3ccc(F)c(Cl)c3)n2)[C@@H](O)CO)nc(-c2cc(F)c(F)c(F)c2)n1. The number of aliphatic hydroxyl groups excluding tert-OH is 8. The Morgan fingerprint density at radius 3 is 1.33 bits per heavy atom. The van der Waals surface area contributed by atoms with Gasteiger partial charge in [-0.25, -0.2) is 98.1 Å². The summed E-state index contributed by atoms with van der Waals surface area (Å²) in [6.07, 6.45) is -11.4. The van der Waals surface area contributed by atoms with Crippen molar-refractivity contribution in [2.45, 2.75) is 113 Å². The molecule has 10 rings (SSSR count). The van der Waals surface area contributed by atoms with E-state index in [1.807, 2.05) is 0 Å². The van der Waals surface area contributed by atoms with Crippen molar-refractivity contribution in [2.24, 2.45) is 0 Å². The summed E-state index contributed by atoms with van der Waals surface area (Å²) in [5.74, 6) is -23.5. The van der Waals surface area contributed by atoms with Crippen LogP contribution in [0, 0.1) is 84.8 Å². The predicted molar refractivity (Wildman–Crippen MR) is 390 cm³/mol. The lowest BCUT2D eigenvalue weighted by Gasteiger charge is -2.60. The molecule has 0 fully saturated rings. The molecule has 0 saturated carbocycles. The van der Waals surface area contributed by atoms with Crippen LogP contribution in [0.2, 0.25) is 5.02 Å². The largest absolute Gasteiger partial charge is 0.394 e. The fourth-order valence-corrected chi connectivity index (χ4v) is 13.2. The molecule has 15 N–H and O–H groups in total. The van der Waals surface area contributed by atoms with Crippen molar-refractivity contribution in [3.63, 3.8) is 0 Å². The lowest BCUT2D eigenvalue weighted by Crippen LogP contribution is -2.86. The molecule has 5 heterocycles. The zero-order valence-electron chi connectivity index (χ0n) is 58.4. The van der Waals surface area contributed by atoms with Crippen LogP contribution in [-0.2, 0) is 12.8 Å². The quantitative estimate of drug-likeness (QED) is 0.0109. The van der Waals surface area contributed by atoms with Crippen LogP contribution in [0.25, 0.3) is 56.9 Å². The zero-order valence-corrected chi connectivity index (χ0v) is 62.3. The Hall–Kier alpha value is -9.42. The average molecular weight is 1710 g/mol. The molecule has 10 aromatic rings. The molecule has 588 valence electrons. The average Bonchev–Trinajstić information content (AvgIpc) is 0.701. The molecule has 0 aliphatic carbocycles. The van der Waals surface area contributed by atoms with Crippen molar-refractivity contribution in [3.8, 4) is 56.9 Å². The number of aromatic nitrogens is 10. The minimum absolute atomic E-state index is 0.0275. The molecule has 0 aliphatic heterocycles. The number of aliphatic hydroxyl groups is 10. The van der Waals surface area contributed by atoms with Crippen molar-refractivity contribution < 1.29 is 99.4 Å². The lowest BCUT2D eigenvalue weighted by atomic mass is 9.60. The van der Waals surface area contributed by atoms with E-state index in [2.05, 4.69) is 108 Å².